The van der Waals surface area contributed by atoms with Gasteiger partial charge in [0.1, 0.15) is 12.1 Å². The molecule has 1 unspecified atom stereocenters. The van der Waals surface area contributed by atoms with Gasteiger partial charge in [-0.1, -0.05) is 0 Å². The van der Waals surface area contributed by atoms with Gasteiger partial charge in [0.25, 0.3) is 0 Å². The Morgan fingerprint density at radius 2 is 2.12 bits per heavy atom. The Labute approximate surface area is 97.4 Å². The summed E-state index contributed by atoms with van der Waals surface area (Å²) in [4.78, 5) is 34.2. The van der Waals surface area contributed by atoms with Gasteiger partial charge < -0.3 is 21.3 Å². The van der Waals surface area contributed by atoms with E-state index < -0.39 is 36.4 Å². The van der Waals surface area contributed by atoms with Crippen LogP contribution in [0, 0.1) is 0 Å². The number of nitrogens with zero attached hydrogens (tertiary/aromatic N) is 1. The van der Waals surface area contributed by atoms with Crippen LogP contribution in [-0.4, -0.2) is 64.7 Å². The van der Waals surface area contributed by atoms with Crippen LogP contribution in [0.5, 0.6) is 0 Å². The van der Waals surface area contributed by atoms with Crippen molar-refractivity contribution in [2.24, 2.45) is 5.73 Å². The van der Waals surface area contributed by atoms with Crippen LogP contribution >= 0.6 is 0 Å². The summed E-state index contributed by atoms with van der Waals surface area (Å²) >= 11 is 0. The summed E-state index contributed by atoms with van der Waals surface area (Å²) in [5.74, 6) is -1.52. The maximum absolute atomic E-state index is 11.7. The normalized spacial score (nSPS) is 21.9. The number of hydrogen-bond acceptors (Lipinski definition) is 5. The van der Waals surface area contributed by atoms with E-state index in [0.717, 1.165) is 4.90 Å². The lowest BCUT2D eigenvalue weighted by Gasteiger charge is -2.33. The molecule has 1 rings (SSSR count). The Bertz CT molecular complexity index is 333. The molecule has 0 saturated carbocycles. The van der Waals surface area contributed by atoms with E-state index in [1.165, 1.54) is 0 Å². The minimum absolute atomic E-state index is 0.177. The second-order valence-electron chi connectivity index (χ2n) is 3.78. The number of hydrogen-bond donors (Lipinski definition) is 4. The molecular formula is C9H15N3O5. The molecule has 1 aliphatic heterocycles. The van der Waals surface area contributed by atoms with Crippen LogP contribution in [0.2, 0.25) is 0 Å². The Kier molecular flexibility index (Phi) is 4.41. The third-order valence-corrected chi connectivity index (χ3v) is 2.58. The zero-order valence-electron chi connectivity index (χ0n) is 9.13. The van der Waals surface area contributed by atoms with Crippen LogP contribution in [0.3, 0.4) is 0 Å². The summed E-state index contributed by atoms with van der Waals surface area (Å²) in [6.45, 7) is 0.837. The van der Waals surface area contributed by atoms with Gasteiger partial charge >= 0.3 is 6.09 Å². The third kappa shape index (κ3) is 3.40. The van der Waals surface area contributed by atoms with Crippen molar-refractivity contribution in [1.29, 1.82) is 0 Å². The van der Waals surface area contributed by atoms with Gasteiger partial charge in [0.2, 0.25) is 5.91 Å². The standard InChI is InChI=1S/C9H15N3O5/c10-8(15)7(14)3-6(13)5-4-11-1-2-12(5)9(16)17/h5,7,11,14H,1-4H2,(H2,10,15)(H,16,17)/t5-,7?/m0/s1. The zero-order valence-corrected chi connectivity index (χ0v) is 9.13. The van der Waals surface area contributed by atoms with Crippen molar-refractivity contribution in [3.63, 3.8) is 0 Å². The topological polar surface area (TPSA) is 133 Å². The summed E-state index contributed by atoms with van der Waals surface area (Å²) in [5, 5.41) is 20.9. The number of ketones is 1. The maximum atomic E-state index is 11.7. The molecule has 0 aromatic carbocycles. The summed E-state index contributed by atoms with van der Waals surface area (Å²) < 4.78 is 0. The van der Waals surface area contributed by atoms with Crippen molar-refractivity contribution in [2.75, 3.05) is 19.6 Å². The van der Waals surface area contributed by atoms with Crippen LogP contribution in [0.4, 0.5) is 4.79 Å². The average molecular weight is 245 g/mol. The fourth-order valence-corrected chi connectivity index (χ4v) is 1.65. The zero-order chi connectivity index (χ0) is 13.0. The molecule has 1 aliphatic rings. The molecule has 1 fully saturated rings. The van der Waals surface area contributed by atoms with Crippen LogP contribution in [0.25, 0.3) is 0 Å². The fourth-order valence-electron chi connectivity index (χ4n) is 1.65. The number of nitrogens with two attached hydrogens (primary N) is 1. The van der Waals surface area contributed by atoms with E-state index in [1.807, 2.05) is 0 Å². The minimum atomic E-state index is -1.57. The molecule has 0 radical (unpaired) electrons. The highest BCUT2D eigenvalue weighted by Gasteiger charge is 2.33. The van der Waals surface area contributed by atoms with E-state index in [9.17, 15) is 19.5 Å². The second kappa shape index (κ2) is 5.60. The highest BCUT2D eigenvalue weighted by Crippen LogP contribution is 2.08. The summed E-state index contributed by atoms with van der Waals surface area (Å²) in [6, 6.07) is -0.879. The fraction of sp³-hybridized carbons (Fsp3) is 0.667. The predicted molar refractivity (Wildman–Crippen MR) is 56.2 cm³/mol. The van der Waals surface area contributed by atoms with E-state index in [2.05, 4.69) is 5.32 Å². The molecule has 1 saturated heterocycles. The number of carbonyl (C=O) groups is 3. The molecule has 96 valence electrons. The largest absolute Gasteiger partial charge is 0.465 e. The highest BCUT2D eigenvalue weighted by molar-refractivity contribution is 5.92. The number of carbonyl (C=O) groups excluding carboxylic acids is 2. The summed E-state index contributed by atoms with van der Waals surface area (Å²) in [6.07, 6.45) is -3.23. The first-order chi connectivity index (χ1) is 7.93. The Balaban J connectivity index is 2.65. The van der Waals surface area contributed by atoms with E-state index >= 15 is 0 Å². The molecule has 0 bridgehead atoms. The van der Waals surface area contributed by atoms with Gasteiger partial charge in [0.05, 0.1) is 0 Å². The van der Waals surface area contributed by atoms with E-state index in [-0.39, 0.29) is 13.1 Å². The van der Waals surface area contributed by atoms with E-state index in [4.69, 9.17) is 10.8 Å². The molecule has 1 heterocycles. The number of nitrogens with one attached hydrogen (secondary N) is 1. The number of piperazine rings is 1. The Morgan fingerprint density at radius 3 is 2.65 bits per heavy atom. The first-order valence-corrected chi connectivity index (χ1v) is 5.14. The van der Waals surface area contributed by atoms with Gasteiger partial charge in [-0.3, -0.25) is 14.5 Å². The second-order valence-corrected chi connectivity index (χ2v) is 3.78. The number of aliphatic hydroxyl groups is 1. The number of aliphatic hydroxyl groups excluding tert-OH is 1. The molecule has 8 nitrogen and oxygen atoms in total. The van der Waals surface area contributed by atoms with Crippen LogP contribution in [0.15, 0.2) is 0 Å². The number of primary amides is 1. The monoisotopic (exact) mass is 245 g/mol. The third-order valence-electron chi connectivity index (χ3n) is 2.58. The van der Waals surface area contributed by atoms with Gasteiger partial charge in [-0.05, 0) is 0 Å². The van der Waals surface area contributed by atoms with Crippen molar-refractivity contribution in [3.8, 4) is 0 Å². The van der Waals surface area contributed by atoms with Crippen molar-refractivity contribution < 1.29 is 24.6 Å². The van der Waals surface area contributed by atoms with E-state index in [0.29, 0.717) is 6.54 Å². The van der Waals surface area contributed by atoms with Gasteiger partial charge in [0, 0.05) is 26.1 Å². The predicted octanol–water partition coefficient (Wildman–Crippen LogP) is -2.26. The van der Waals surface area contributed by atoms with E-state index in [1.54, 1.807) is 0 Å². The maximum Gasteiger partial charge on any atom is 0.408 e. The summed E-state index contributed by atoms with van der Waals surface area (Å²) in [5.41, 5.74) is 4.82. The average Bonchev–Trinajstić information content (AvgIpc) is 2.28. The van der Waals surface area contributed by atoms with Crippen molar-refractivity contribution in [3.05, 3.63) is 0 Å². The quantitative estimate of drug-likeness (QED) is 0.442. The first-order valence-electron chi connectivity index (χ1n) is 5.14. The first kappa shape index (κ1) is 13.4. The van der Waals surface area contributed by atoms with Crippen LogP contribution in [-0.2, 0) is 9.59 Å². The number of carboxylic acid groups (broad SMARTS) is 1. The van der Waals surface area contributed by atoms with Gasteiger partial charge in [-0.25, -0.2) is 4.79 Å². The van der Waals surface area contributed by atoms with Crippen molar-refractivity contribution in [1.82, 2.24) is 10.2 Å². The van der Waals surface area contributed by atoms with Gasteiger partial charge in [-0.2, -0.15) is 0 Å². The molecular weight excluding hydrogens is 230 g/mol. The number of Topliss-reactive ketones (excluding diaryl/α,β-unsaturated/α-hetero) is 1. The lowest BCUT2D eigenvalue weighted by Crippen LogP contribution is -2.57. The molecule has 0 aromatic rings. The molecule has 5 N–H and O–H groups in total. The number of amides is 2. The summed E-state index contributed by atoms with van der Waals surface area (Å²) in [7, 11) is 0. The lowest BCUT2D eigenvalue weighted by atomic mass is 10.0. The molecule has 17 heavy (non-hydrogen) atoms. The van der Waals surface area contributed by atoms with Crippen molar-refractivity contribution >= 4 is 17.8 Å². The molecule has 2 amide bonds. The molecule has 0 aliphatic carbocycles. The van der Waals surface area contributed by atoms with Crippen LogP contribution < -0.4 is 11.1 Å². The van der Waals surface area contributed by atoms with Crippen LogP contribution in [0.1, 0.15) is 6.42 Å². The number of rotatable bonds is 4. The lowest BCUT2D eigenvalue weighted by molar-refractivity contribution is -0.133. The Hall–Kier alpha value is -1.67. The SMILES string of the molecule is NC(=O)C(O)CC(=O)[C@@H]1CNCCN1C(=O)O. The molecule has 0 aromatic heterocycles. The molecule has 0 spiro atoms. The van der Waals surface area contributed by atoms with Gasteiger partial charge in [0.15, 0.2) is 5.78 Å². The molecule has 8 heteroatoms. The van der Waals surface area contributed by atoms with Crippen molar-refractivity contribution in [2.45, 2.75) is 18.6 Å². The highest BCUT2D eigenvalue weighted by atomic mass is 16.4. The smallest absolute Gasteiger partial charge is 0.408 e. The minimum Gasteiger partial charge on any atom is -0.465 e. The van der Waals surface area contributed by atoms with Gasteiger partial charge in [-0.15, -0.1) is 0 Å². The molecule has 2 atom stereocenters. The Morgan fingerprint density at radius 1 is 1.47 bits per heavy atom.